The Kier molecular flexibility index (Phi) is 3.35. The van der Waals surface area contributed by atoms with E-state index in [0.29, 0.717) is 10.6 Å². The minimum absolute atomic E-state index is 0.554. The van der Waals surface area contributed by atoms with E-state index < -0.39 is 0 Å². The lowest BCUT2D eigenvalue weighted by Gasteiger charge is -2.01. The molecule has 1 heterocycles. The second-order valence-corrected chi connectivity index (χ2v) is 5.11. The SMILES string of the molecule is O=Cc1cc(Cl)ccc1Sc1ncns1. The highest BCUT2D eigenvalue weighted by molar-refractivity contribution is 8.01. The quantitative estimate of drug-likeness (QED) is 0.792. The Morgan fingerprint density at radius 1 is 1.47 bits per heavy atom. The summed E-state index contributed by atoms with van der Waals surface area (Å²) in [5, 5.41) is 0.554. The number of aromatic nitrogens is 2. The molecule has 0 saturated carbocycles. The van der Waals surface area contributed by atoms with E-state index in [1.54, 1.807) is 18.2 Å². The Balaban J connectivity index is 2.32. The summed E-state index contributed by atoms with van der Waals surface area (Å²) >= 11 is 8.49. The van der Waals surface area contributed by atoms with Crippen molar-refractivity contribution in [3.8, 4) is 0 Å². The van der Waals surface area contributed by atoms with E-state index in [0.717, 1.165) is 15.5 Å². The molecule has 0 spiro atoms. The van der Waals surface area contributed by atoms with Gasteiger partial charge in [0.25, 0.3) is 0 Å². The lowest BCUT2D eigenvalue weighted by Crippen LogP contribution is -1.84. The molecule has 6 heteroatoms. The average molecular weight is 257 g/mol. The highest BCUT2D eigenvalue weighted by atomic mass is 35.5. The maximum Gasteiger partial charge on any atom is 0.174 e. The van der Waals surface area contributed by atoms with Crippen LogP contribution in [0, 0.1) is 0 Å². The number of hydrogen-bond acceptors (Lipinski definition) is 5. The van der Waals surface area contributed by atoms with Gasteiger partial charge in [0.2, 0.25) is 0 Å². The monoisotopic (exact) mass is 256 g/mol. The minimum atomic E-state index is 0.554. The molecule has 15 heavy (non-hydrogen) atoms. The van der Waals surface area contributed by atoms with Crippen LogP contribution in [0.1, 0.15) is 10.4 Å². The van der Waals surface area contributed by atoms with Gasteiger partial charge in [0.05, 0.1) is 0 Å². The van der Waals surface area contributed by atoms with Crippen molar-refractivity contribution in [2.24, 2.45) is 0 Å². The van der Waals surface area contributed by atoms with Crippen LogP contribution < -0.4 is 0 Å². The fraction of sp³-hybridized carbons (Fsp3) is 0. The van der Waals surface area contributed by atoms with Gasteiger partial charge in [-0.05, 0) is 29.7 Å². The van der Waals surface area contributed by atoms with Gasteiger partial charge < -0.3 is 0 Å². The molecule has 2 aromatic rings. The fourth-order valence-corrected chi connectivity index (χ4v) is 2.66. The highest BCUT2D eigenvalue weighted by Crippen LogP contribution is 2.31. The van der Waals surface area contributed by atoms with E-state index in [2.05, 4.69) is 9.36 Å². The van der Waals surface area contributed by atoms with Gasteiger partial charge in [-0.15, -0.1) is 0 Å². The lowest BCUT2D eigenvalue weighted by molar-refractivity contribution is 0.112. The molecular weight excluding hydrogens is 252 g/mol. The number of benzene rings is 1. The van der Waals surface area contributed by atoms with Crippen molar-refractivity contribution in [3.05, 3.63) is 35.1 Å². The van der Waals surface area contributed by atoms with Crippen LogP contribution in [0.15, 0.2) is 33.8 Å². The van der Waals surface area contributed by atoms with E-state index >= 15 is 0 Å². The van der Waals surface area contributed by atoms with E-state index in [1.807, 2.05) is 0 Å². The molecule has 76 valence electrons. The molecule has 1 aromatic carbocycles. The molecule has 3 nitrogen and oxygen atoms in total. The lowest BCUT2D eigenvalue weighted by atomic mass is 10.2. The van der Waals surface area contributed by atoms with Crippen LogP contribution in [-0.4, -0.2) is 15.6 Å². The third-order valence-electron chi connectivity index (χ3n) is 1.64. The van der Waals surface area contributed by atoms with Gasteiger partial charge in [0, 0.05) is 15.5 Å². The highest BCUT2D eigenvalue weighted by Gasteiger charge is 2.06. The molecule has 0 N–H and O–H groups in total. The number of carbonyl (C=O) groups excluding carboxylic acids is 1. The van der Waals surface area contributed by atoms with Gasteiger partial charge in [0.15, 0.2) is 10.6 Å². The van der Waals surface area contributed by atoms with Gasteiger partial charge >= 0.3 is 0 Å². The number of rotatable bonds is 3. The van der Waals surface area contributed by atoms with Crippen LogP contribution in [-0.2, 0) is 0 Å². The maximum atomic E-state index is 10.8. The Hall–Kier alpha value is -0.910. The van der Waals surface area contributed by atoms with Crippen molar-refractivity contribution in [1.29, 1.82) is 0 Å². The predicted molar refractivity (Wildman–Crippen MR) is 60.9 cm³/mol. The summed E-state index contributed by atoms with van der Waals surface area (Å²) in [5.41, 5.74) is 0.572. The summed E-state index contributed by atoms with van der Waals surface area (Å²) in [7, 11) is 0. The van der Waals surface area contributed by atoms with Crippen LogP contribution in [0.5, 0.6) is 0 Å². The van der Waals surface area contributed by atoms with Crippen molar-refractivity contribution in [1.82, 2.24) is 9.36 Å². The van der Waals surface area contributed by atoms with Crippen molar-refractivity contribution in [3.63, 3.8) is 0 Å². The molecule has 0 unspecified atom stereocenters. The van der Waals surface area contributed by atoms with Crippen LogP contribution in [0.4, 0.5) is 0 Å². The molecule has 0 aliphatic carbocycles. The topological polar surface area (TPSA) is 42.9 Å². The van der Waals surface area contributed by atoms with Crippen molar-refractivity contribution >= 4 is 41.2 Å². The summed E-state index contributed by atoms with van der Waals surface area (Å²) in [5.74, 6) is 0. The van der Waals surface area contributed by atoms with Crippen LogP contribution in [0.25, 0.3) is 0 Å². The maximum absolute atomic E-state index is 10.8. The molecule has 0 aliphatic heterocycles. The first-order valence-electron chi connectivity index (χ1n) is 3.99. The number of aldehydes is 1. The Morgan fingerprint density at radius 3 is 3.00 bits per heavy atom. The molecule has 0 fully saturated rings. The summed E-state index contributed by atoms with van der Waals surface area (Å²) < 4.78 is 4.69. The number of carbonyl (C=O) groups is 1. The molecule has 2 rings (SSSR count). The van der Waals surface area contributed by atoms with Crippen LogP contribution >= 0.6 is 34.9 Å². The summed E-state index contributed by atoms with van der Waals surface area (Å²) in [6.45, 7) is 0. The Morgan fingerprint density at radius 2 is 2.33 bits per heavy atom. The predicted octanol–water partition coefficient (Wildman–Crippen LogP) is 3.16. The summed E-state index contributed by atoms with van der Waals surface area (Å²) in [6, 6.07) is 5.19. The third-order valence-corrected chi connectivity index (χ3v) is 3.68. The van der Waals surface area contributed by atoms with Gasteiger partial charge in [0.1, 0.15) is 6.33 Å². The van der Waals surface area contributed by atoms with E-state index in [-0.39, 0.29) is 0 Å². The largest absolute Gasteiger partial charge is 0.298 e. The molecule has 1 aromatic heterocycles. The van der Waals surface area contributed by atoms with E-state index in [4.69, 9.17) is 11.6 Å². The fourth-order valence-electron chi connectivity index (χ4n) is 1.01. The molecule has 0 radical (unpaired) electrons. The van der Waals surface area contributed by atoms with Crippen molar-refractivity contribution < 1.29 is 4.79 Å². The molecule has 0 aliphatic rings. The summed E-state index contributed by atoms with van der Waals surface area (Å²) in [4.78, 5) is 15.7. The Bertz CT molecular complexity index is 473. The molecular formula is C9H5ClN2OS2. The first kappa shape index (κ1) is 10.6. The molecule has 0 atom stereocenters. The number of halogens is 1. The zero-order valence-electron chi connectivity index (χ0n) is 7.38. The summed E-state index contributed by atoms with van der Waals surface area (Å²) in [6.07, 6.45) is 2.28. The first-order valence-corrected chi connectivity index (χ1v) is 5.95. The van der Waals surface area contributed by atoms with E-state index in [1.165, 1.54) is 29.6 Å². The van der Waals surface area contributed by atoms with Crippen LogP contribution in [0.3, 0.4) is 0 Å². The number of nitrogens with zero attached hydrogens (tertiary/aromatic N) is 2. The van der Waals surface area contributed by atoms with Gasteiger partial charge in [-0.1, -0.05) is 23.4 Å². The van der Waals surface area contributed by atoms with Crippen molar-refractivity contribution in [2.75, 3.05) is 0 Å². The Labute approximate surface area is 99.7 Å². The minimum Gasteiger partial charge on any atom is -0.298 e. The van der Waals surface area contributed by atoms with Gasteiger partial charge in [-0.2, -0.15) is 4.37 Å². The van der Waals surface area contributed by atoms with Crippen LogP contribution in [0.2, 0.25) is 5.02 Å². The first-order chi connectivity index (χ1) is 7.29. The second-order valence-electron chi connectivity index (χ2n) is 2.61. The average Bonchev–Trinajstić information content (AvgIpc) is 2.73. The van der Waals surface area contributed by atoms with E-state index in [9.17, 15) is 4.79 Å². The zero-order chi connectivity index (χ0) is 10.7. The molecule has 0 bridgehead atoms. The second kappa shape index (κ2) is 4.74. The van der Waals surface area contributed by atoms with Crippen molar-refractivity contribution in [2.45, 2.75) is 9.24 Å². The molecule has 0 saturated heterocycles. The normalized spacial score (nSPS) is 10.2. The standard InChI is InChI=1S/C9H5ClN2OS2/c10-7-1-2-8(6(3-7)4-13)14-9-11-5-12-15-9/h1-5H. The third kappa shape index (κ3) is 2.56. The van der Waals surface area contributed by atoms with Gasteiger partial charge in [-0.3, -0.25) is 4.79 Å². The van der Waals surface area contributed by atoms with Gasteiger partial charge in [-0.25, -0.2) is 4.98 Å². The zero-order valence-corrected chi connectivity index (χ0v) is 9.77. The number of hydrogen-bond donors (Lipinski definition) is 0. The smallest absolute Gasteiger partial charge is 0.174 e. The molecule has 0 amide bonds.